The standard InChI is InChI=1S/C14H15FO3/c1-17-13-8-10-4-3-9(6-14(16)18-2)5-11(10)7-12(13)15/h5,7-8H,3-4,6H2,1-2H3. The van der Waals surface area contributed by atoms with Crippen LogP contribution >= 0.6 is 0 Å². The van der Waals surface area contributed by atoms with Crippen LogP contribution in [0.5, 0.6) is 5.75 Å². The van der Waals surface area contributed by atoms with E-state index in [0.29, 0.717) is 0 Å². The number of fused-ring (bicyclic) bond motifs is 1. The molecule has 1 aliphatic carbocycles. The van der Waals surface area contributed by atoms with Crippen molar-refractivity contribution in [3.63, 3.8) is 0 Å². The maximum absolute atomic E-state index is 13.6. The summed E-state index contributed by atoms with van der Waals surface area (Å²) in [5.41, 5.74) is 2.83. The molecule has 0 radical (unpaired) electrons. The van der Waals surface area contributed by atoms with Gasteiger partial charge in [-0.1, -0.05) is 11.6 Å². The number of halogens is 1. The number of esters is 1. The maximum Gasteiger partial charge on any atom is 0.309 e. The van der Waals surface area contributed by atoms with Crippen molar-refractivity contribution < 1.29 is 18.7 Å². The molecule has 0 fully saturated rings. The van der Waals surface area contributed by atoms with Gasteiger partial charge in [-0.05, 0) is 36.1 Å². The molecule has 0 aliphatic heterocycles. The summed E-state index contributed by atoms with van der Waals surface area (Å²) >= 11 is 0. The molecule has 1 aliphatic rings. The molecule has 0 unspecified atom stereocenters. The van der Waals surface area contributed by atoms with Gasteiger partial charge in [-0.15, -0.1) is 0 Å². The molecule has 0 atom stereocenters. The molecule has 3 nitrogen and oxygen atoms in total. The molecule has 2 rings (SSSR count). The van der Waals surface area contributed by atoms with Gasteiger partial charge < -0.3 is 9.47 Å². The third kappa shape index (κ3) is 2.53. The molecule has 0 saturated carbocycles. The Labute approximate surface area is 105 Å². The van der Waals surface area contributed by atoms with E-state index < -0.39 is 0 Å². The number of carbonyl (C=O) groups excluding carboxylic acids is 1. The number of aryl methyl sites for hydroxylation is 1. The van der Waals surface area contributed by atoms with Gasteiger partial charge in [0.1, 0.15) is 0 Å². The molecule has 1 aromatic rings. The minimum absolute atomic E-state index is 0.263. The van der Waals surface area contributed by atoms with Crippen molar-refractivity contribution in [2.75, 3.05) is 14.2 Å². The average molecular weight is 250 g/mol. The van der Waals surface area contributed by atoms with Crippen LogP contribution in [0.15, 0.2) is 17.7 Å². The second-order valence-corrected chi connectivity index (χ2v) is 4.24. The maximum atomic E-state index is 13.6. The summed E-state index contributed by atoms with van der Waals surface area (Å²) in [6, 6.07) is 3.17. The Morgan fingerprint density at radius 1 is 1.33 bits per heavy atom. The fourth-order valence-electron chi connectivity index (χ4n) is 2.10. The van der Waals surface area contributed by atoms with Gasteiger partial charge in [0.15, 0.2) is 11.6 Å². The highest BCUT2D eigenvalue weighted by atomic mass is 19.1. The molecular formula is C14H15FO3. The number of hydrogen-bond acceptors (Lipinski definition) is 3. The normalized spacial score (nSPS) is 13.6. The van der Waals surface area contributed by atoms with Gasteiger partial charge in [-0.2, -0.15) is 0 Å². The Hall–Kier alpha value is -1.84. The van der Waals surface area contributed by atoms with Crippen LogP contribution in [0.2, 0.25) is 0 Å². The number of ether oxygens (including phenoxy) is 2. The molecular weight excluding hydrogens is 235 g/mol. The lowest BCUT2D eigenvalue weighted by Crippen LogP contribution is -2.07. The molecule has 18 heavy (non-hydrogen) atoms. The third-order valence-corrected chi connectivity index (χ3v) is 3.09. The van der Waals surface area contributed by atoms with E-state index in [1.54, 1.807) is 6.07 Å². The summed E-state index contributed by atoms with van der Waals surface area (Å²) < 4.78 is 23.2. The van der Waals surface area contributed by atoms with Crippen molar-refractivity contribution in [2.45, 2.75) is 19.3 Å². The predicted molar refractivity (Wildman–Crippen MR) is 65.9 cm³/mol. The van der Waals surface area contributed by atoms with E-state index >= 15 is 0 Å². The van der Waals surface area contributed by atoms with Crippen LogP contribution in [0.1, 0.15) is 24.0 Å². The lowest BCUT2D eigenvalue weighted by atomic mass is 9.90. The van der Waals surface area contributed by atoms with Crippen LogP contribution < -0.4 is 4.74 Å². The Morgan fingerprint density at radius 2 is 2.11 bits per heavy atom. The van der Waals surface area contributed by atoms with E-state index in [9.17, 15) is 9.18 Å². The lowest BCUT2D eigenvalue weighted by Gasteiger charge is -2.17. The molecule has 0 heterocycles. The second-order valence-electron chi connectivity index (χ2n) is 4.24. The highest BCUT2D eigenvalue weighted by molar-refractivity contribution is 5.75. The lowest BCUT2D eigenvalue weighted by molar-refractivity contribution is -0.139. The van der Waals surface area contributed by atoms with Crippen molar-refractivity contribution in [3.8, 4) is 5.75 Å². The molecule has 0 aromatic heterocycles. The Kier molecular flexibility index (Phi) is 3.65. The Balaban J connectivity index is 2.28. The fourth-order valence-corrected chi connectivity index (χ4v) is 2.10. The van der Waals surface area contributed by atoms with Crippen LogP contribution in [0, 0.1) is 5.82 Å². The topological polar surface area (TPSA) is 35.5 Å². The second kappa shape index (κ2) is 5.21. The first-order chi connectivity index (χ1) is 8.63. The zero-order chi connectivity index (χ0) is 13.1. The minimum Gasteiger partial charge on any atom is -0.494 e. The van der Waals surface area contributed by atoms with Gasteiger partial charge >= 0.3 is 5.97 Å². The van der Waals surface area contributed by atoms with Crippen molar-refractivity contribution in [3.05, 3.63) is 34.6 Å². The van der Waals surface area contributed by atoms with E-state index in [-0.39, 0.29) is 24.0 Å². The number of methoxy groups -OCH3 is 2. The van der Waals surface area contributed by atoms with Crippen molar-refractivity contribution in [1.82, 2.24) is 0 Å². The molecule has 0 amide bonds. The molecule has 1 aromatic carbocycles. The quantitative estimate of drug-likeness (QED) is 0.774. The summed E-state index contributed by atoms with van der Waals surface area (Å²) in [4.78, 5) is 11.2. The van der Waals surface area contributed by atoms with Gasteiger partial charge in [0, 0.05) is 0 Å². The van der Waals surface area contributed by atoms with Crippen molar-refractivity contribution in [2.24, 2.45) is 0 Å². The van der Waals surface area contributed by atoms with Gasteiger partial charge in [-0.3, -0.25) is 4.79 Å². The highest BCUT2D eigenvalue weighted by Gasteiger charge is 2.16. The van der Waals surface area contributed by atoms with Crippen LogP contribution in [0.3, 0.4) is 0 Å². The highest BCUT2D eigenvalue weighted by Crippen LogP contribution is 2.30. The van der Waals surface area contributed by atoms with E-state index in [1.165, 1.54) is 20.3 Å². The summed E-state index contributed by atoms with van der Waals surface area (Å²) in [7, 11) is 2.82. The van der Waals surface area contributed by atoms with Crippen LogP contribution in [0.25, 0.3) is 6.08 Å². The van der Waals surface area contributed by atoms with Crippen molar-refractivity contribution >= 4 is 12.0 Å². The molecule has 0 spiro atoms. The number of carbonyl (C=O) groups is 1. The van der Waals surface area contributed by atoms with E-state index in [1.807, 2.05) is 6.08 Å². The Bertz CT molecular complexity index is 506. The van der Waals surface area contributed by atoms with Gasteiger partial charge in [0.25, 0.3) is 0 Å². The van der Waals surface area contributed by atoms with Gasteiger partial charge in [-0.25, -0.2) is 4.39 Å². The SMILES string of the molecule is COC(=O)CC1=Cc2cc(F)c(OC)cc2CC1. The summed E-state index contributed by atoms with van der Waals surface area (Å²) in [6.07, 6.45) is 3.70. The monoisotopic (exact) mass is 250 g/mol. The zero-order valence-electron chi connectivity index (χ0n) is 10.5. The summed E-state index contributed by atoms with van der Waals surface area (Å²) in [6.45, 7) is 0. The predicted octanol–water partition coefficient (Wildman–Crippen LogP) is 2.73. The van der Waals surface area contributed by atoms with Gasteiger partial charge in [0.2, 0.25) is 0 Å². The van der Waals surface area contributed by atoms with Crippen LogP contribution in [0.4, 0.5) is 4.39 Å². The van der Waals surface area contributed by atoms with Gasteiger partial charge in [0.05, 0.1) is 20.6 Å². The van der Waals surface area contributed by atoms with Crippen LogP contribution in [-0.2, 0) is 16.0 Å². The first kappa shape index (κ1) is 12.6. The Morgan fingerprint density at radius 3 is 2.78 bits per heavy atom. The fraction of sp³-hybridized carbons (Fsp3) is 0.357. The third-order valence-electron chi connectivity index (χ3n) is 3.09. The smallest absolute Gasteiger partial charge is 0.309 e. The minimum atomic E-state index is -0.383. The van der Waals surface area contributed by atoms with Crippen LogP contribution in [-0.4, -0.2) is 20.2 Å². The molecule has 0 bridgehead atoms. The molecule has 96 valence electrons. The summed E-state index contributed by atoms with van der Waals surface area (Å²) in [5, 5.41) is 0. The first-order valence-corrected chi connectivity index (χ1v) is 5.76. The van der Waals surface area contributed by atoms with Crippen molar-refractivity contribution in [1.29, 1.82) is 0 Å². The number of hydrogen-bond donors (Lipinski definition) is 0. The average Bonchev–Trinajstić information content (AvgIpc) is 2.37. The number of rotatable bonds is 3. The summed E-state index contributed by atoms with van der Waals surface area (Å²) in [5.74, 6) is -0.385. The van der Waals surface area contributed by atoms with E-state index in [0.717, 1.165) is 29.5 Å². The van der Waals surface area contributed by atoms with E-state index in [2.05, 4.69) is 4.74 Å². The largest absolute Gasteiger partial charge is 0.494 e. The van der Waals surface area contributed by atoms with E-state index in [4.69, 9.17) is 4.74 Å². The zero-order valence-corrected chi connectivity index (χ0v) is 10.5. The molecule has 4 heteroatoms. The first-order valence-electron chi connectivity index (χ1n) is 5.76. The number of benzene rings is 1. The molecule has 0 saturated heterocycles. The molecule has 0 N–H and O–H groups in total.